The Morgan fingerprint density at radius 2 is 2.12 bits per heavy atom. The predicted octanol–water partition coefficient (Wildman–Crippen LogP) is 1.48. The van der Waals surface area contributed by atoms with Crippen molar-refractivity contribution in [2.75, 3.05) is 34.3 Å². The van der Waals surface area contributed by atoms with E-state index in [4.69, 9.17) is 10.5 Å². The maximum absolute atomic E-state index is 12.1. The molecule has 0 spiro atoms. The third-order valence-electron chi connectivity index (χ3n) is 3.65. The van der Waals surface area contributed by atoms with Gasteiger partial charge in [-0.25, -0.2) is 0 Å². The molecule has 2 rings (SSSR count). The average Bonchev–Trinajstić information content (AvgIpc) is 2.96. The molecule has 130 valence electrons. The highest BCUT2D eigenvalue weighted by Gasteiger charge is 2.12. The minimum Gasteiger partial charge on any atom is -0.493 e. The highest BCUT2D eigenvalue weighted by molar-refractivity contribution is 6.04. The van der Waals surface area contributed by atoms with E-state index in [1.54, 1.807) is 13.1 Å². The third-order valence-corrected chi connectivity index (χ3v) is 3.65. The van der Waals surface area contributed by atoms with Gasteiger partial charge in [0, 0.05) is 30.6 Å². The number of nitrogens with two attached hydrogens (primary N) is 1. The van der Waals surface area contributed by atoms with Gasteiger partial charge in [-0.3, -0.25) is 4.79 Å². The fraction of sp³-hybridized carbons (Fsp3) is 0.412. The Morgan fingerprint density at radius 3 is 2.79 bits per heavy atom. The van der Waals surface area contributed by atoms with Gasteiger partial charge in [0.2, 0.25) is 0 Å². The Kier molecular flexibility index (Phi) is 5.81. The van der Waals surface area contributed by atoms with Crippen LogP contribution in [0.5, 0.6) is 5.75 Å². The Balaban J connectivity index is 2.17. The van der Waals surface area contributed by atoms with Gasteiger partial charge in [0.15, 0.2) is 5.96 Å². The first-order valence-corrected chi connectivity index (χ1v) is 7.88. The Hall–Kier alpha value is -2.54. The van der Waals surface area contributed by atoms with Crippen molar-refractivity contribution >= 4 is 22.8 Å². The highest BCUT2D eigenvalue weighted by atomic mass is 16.5. The number of guanidine groups is 1. The summed E-state index contributed by atoms with van der Waals surface area (Å²) in [6.45, 7) is 3.62. The van der Waals surface area contributed by atoms with Gasteiger partial charge in [-0.15, -0.1) is 0 Å². The van der Waals surface area contributed by atoms with E-state index in [2.05, 4.69) is 20.2 Å². The summed E-state index contributed by atoms with van der Waals surface area (Å²) in [5.74, 6) is 0.462. The van der Waals surface area contributed by atoms with Crippen LogP contribution in [0.2, 0.25) is 0 Å². The third kappa shape index (κ3) is 4.48. The highest BCUT2D eigenvalue weighted by Crippen LogP contribution is 2.26. The van der Waals surface area contributed by atoms with E-state index in [1.807, 2.05) is 33.2 Å². The quantitative estimate of drug-likeness (QED) is 0.423. The van der Waals surface area contributed by atoms with Crippen LogP contribution in [0.15, 0.2) is 23.2 Å². The number of hydrogen-bond donors (Lipinski definition) is 3. The number of aromatic amines is 1. The molecule has 0 aliphatic heterocycles. The van der Waals surface area contributed by atoms with Gasteiger partial charge < -0.3 is 25.7 Å². The molecule has 24 heavy (non-hydrogen) atoms. The SMILES string of the molecule is CNC(N)=NC(=O)c1cc2c(C)cc(OCCCN(C)C)cc2[nH]1. The minimum absolute atomic E-state index is 0.0836. The number of fused-ring (bicyclic) bond motifs is 1. The fourth-order valence-corrected chi connectivity index (χ4v) is 2.38. The molecule has 0 atom stereocenters. The summed E-state index contributed by atoms with van der Waals surface area (Å²) >= 11 is 0. The molecule has 4 N–H and O–H groups in total. The van der Waals surface area contributed by atoms with E-state index in [0.29, 0.717) is 12.3 Å². The normalized spacial score (nSPS) is 12.0. The van der Waals surface area contributed by atoms with E-state index < -0.39 is 5.91 Å². The van der Waals surface area contributed by atoms with Gasteiger partial charge in [-0.05, 0) is 45.1 Å². The summed E-state index contributed by atoms with van der Waals surface area (Å²) in [6.07, 6.45) is 0.955. The van der Waals surface area contributed by atoms with Crippen LogP contribution in [-0.2, 0) is 0 Å². The molecule has 7 nitrogen and oxygen atoms in total. The number of carbonyl (C=O) groups excluding carboxylic acids is 1. The summed E-state index contributed by atoms with van der Waals surface area (Å²) in [4.78, 5) is 21.1. The van der Waals surface area contributed by atoms with Gasteiger partial charge in [-0.1, -0.05) is 0 Å². The number of amides is 1. The molecule has 1 aromatic carbocycles. The lowest BCUT2D eigenvalue weighted by molar-refractivity contribution is 0.0998. The standard InChI is InChI=1S/C17H25N5O2/c1-11-8-12(24-7-5-6-22(3)4)9-14-13(11)10-15(20-14)16(23)21-17(18)19-2/h8-10,20H,5-7H2,1-4H3,(H3,18,19,21,23). The largest absolute Gasteiger partial charge is 0.493 e. The zero-order chi connectivity index (χ0) is 17.7. The lowest BCUT2D eigenvalue weighted by atomic mass is 10.1. The maximum atomic E-state index is 12.1. The van der Waals surface area contributed by atoms with Crippen LogP contribution in [0.3, 0.4) is 0 Å². The van der Waals surface area contributed by atoms with Gasteiger partial charge in [-0.2, -0.15) is 4.99 Å². The van der Waals surface area contributed by atoms with E-state index in [1.165, 1.54) is 0 Å². The van der Waals surface area contributed by atoms with Crippen molar-refractivity contribution < 1.29 is 9.53 Å². The summed E-state index contributed by atoms with van der Waals surface area (Å²) < 4.78 is 5.81. The van der Waals surface area contributed by atoms with Crippen LogP contribution in [0.1, 0.15) is 22.5 Å². The smallest absolute Gasteiger partial charge is 0.296 e. The molecule has 0 radical (unpaired) electrons. The average molecular weight is 331 g/mol. The summed E-state index contributed by atoms with van der Waals surface area (Å²) in [5.41, 5.74) is 7.81. The van der Waals surface area contributed by atoms with Crippen LogP contribution >= 0.6 is 0 Å². The first-order valence-electron chi connectivity index (χ1n) is 7.88. The zero-order valence-corrected chi connectivity index (χ0v) is 14.6. The van der Waals surface area contributed by atoms with Crippen LogP contribution < -0.4 is 15.8 Å². The fourth-order valence-electron chi connectivity index (χ4n) is 2.38. The molecule has 0 saturated carbocycles. The van der Waals surface area contributed by atoms with E-state index in [0.717, 1.165) is 35.2 Å². The molecule has 0 aliphatic rings. The van der Waals surface area contributed by atoms with Gasteiger partial charge in [0.05, 0.1) is 6.61 Å². The number of aliphatic imine (C=N–C) groups is 1. The van der Waals surface area contributed by atoms with Crippen molar-refractivity contribution in [3.63, 3.8) is 0 Å². The molecular weight excluding hydrogens is 306 g/mol. The van der Waals surface area contributed by atoms with Gasteiger partial charge >= 0.3 is 0 Å². The number of nitrogens with zero attached hydrogens (tertiary/aromatic N) is 2. The number of aryl methyl sites for hydroxylation is 1. The molecule has 0 aliphatic carbocycles. The molecule has 0 fully saturated rings. The van der Waals surface area contributed by atoms with Crippen molar-refractivity contribution in [2.24, 2.45) is 10.7 Å². The molecule has 1 amide bonds. The number of nitrogens with one attached hydrogen (secondary N) is 2. The van der Waals surface area contributed by atoms with E-state index in [-0.39, 0.29) is 5.96 Å². The number of hydrogen-bond acceptors (Lipinski definition) is 3. The first kappa shape index (κ1) is 17.8. The van der Waals surface area contributed by atoms with Crippen LogP contribution in [0, 0.1) is 6.92 Å². The molecule has 7 heteroatoms. The summed E-state index contributed by atoms with van der Waals surface area (Å²) in [7, 11) is 5.69. The minimum atomic E-state index is -0.411. The molecule has 1 aromatic heterocycles. The Morgan fingerprint density at radius 1 is 1.38 bits per heavy atom. The van der Waals surface area contributed by atoms with Crippen molar-refractivity contribution in [1.29, 1.82) is 0 Å². The van der Waals surface area contributed by atoms with Crippen molar-refractivity contribution in [1.82, 2.24) is 15.2 Å². The summed E-state index contributed by atoms with van der Waals surface area (Å²) in [5, 5.41) is 3.60. The molecular formula is C17H25N5O2. The van der Waals surface area contributed by atoms with Crippen LogP contribution in [0.25, 0.3) is 10.9 Å². The van der Waals surface area contributed by atoms with Gasteiger partial charge in [0.25, 0.3) is 5.91 Å². The van der Waals surface area contributed by atoms with Crippen molar-refractivity contribution in [2.45, 2.75) is 13.3 Å². The Bertz CT molecular complexity index is 749. The number of ether oxygens (including phenoxy) is 1. The lowest BCUT2D eigenvalue weighted by Crippen LogP contribution is -2.28. The number of aromatic nitrogens is 1. The van der Waals surface area contributed by atoms with Crippen molar-refractivity contribution in [3.8, 4) is 5.75 Å². The van der Waals surface area contributed by atoms with Crippen LogP contribution in [0.4, 0.5) is 0 Å². The predicted molar refractivity (Wildman–Crippen MR) is 96.7 cm³/mol. The monoisotopic (exact) mass is 331 g/mol. The Labute approximate surface area is 141 Å². The molecule has 1 heterocycles. The van der Waals surface area contributed by atoms with Crippen molar-refractivity contribution in [3.05, 3.63) is 29.5 Å². The second-order valence-corrected chi connectivity index (χ2v) is 5.94. The topological polar surface area (TPSA) is 95.7 Å². The second-order valence-electron chi connectivity index (χ2n) is 5.94. The molecule has 0 bridgehead atoms. The van der Waals surface area contributed by atoms with Gasteiger partial charge in [0.1, 0.15) is 11.4 Å². The van der Waals surface area contributed by atoms with Crippen LogP contribution in [-0.4, -0.2) is 56.0 Å². The molecule has 2 aromatic rings. The first-order chi connectivity index (χ1) is 11.4. The second kappa shape index (κ2) is 7.83. The number of H-pyrrole nitrogens is 1. The van der Waals surface area contributed by atoms with E-state index >= 15 is 0 Å². The van der Waals surface area contributed by atoms with E-state index in [9.17, 15) is 4.79 Å². The summed E-state index contributed by atoms with van der Waals surface area (Å²) in [6, 6.07) is 5.67. The number of benzene rings is 1. The maximum Gasteiger partial charge on any atom is 0.296 e. The molecule has 0 unspecified atom stereocenters. The number of rotatable bonds is 6. The molecule has 0 saturated heterocycles. The lowest BCUT2D eigenvalue weighted by Gasteiger charge is -2.11. The number of carbonyl (C=O) groups is 1. The zero-order valence-electron chi connectivity index (χ0n) is 14.6.